The summed E-state index contributed by atoms with van der Waals surface area (Å²) in [5.41, 5.74) is 3.12. The summed E-state index contributed by atoms with van der Waals surface area (Å²) in [5, 5.41) is 1.07. The van der Waals surface area contributed by atoms with Crippen LogP contribution in [-0.4, -0.2) is 10.8 Å². The third kappa shape index (κ3) is 3.72. The van der Waals surface area contributed by atoms with Gasteiger partial charge in [-0.15, -0.1) is 0 Å². The van der Waals surface area contributed by atoms with Crippen LogP contribution in [0.5, 0.6) is 0 Å². The molecule has 0 aliphatic rings. The van der Waals surface area contributed by atoms with E-state index in [4.69, 9.17) is 0 Å². The average molecular weight is 271 g/mol. The number of Topliss-reactive ketones (excluding diaryl/α,β-unsaturated/α-hetero) is 1. The number of carbonyl (C=O) groups is 1. The van der Waals surface area contributed by atoms with Gasteiger partial charge in [-0.3, -0.25) is 4.79 Å². The van der Waals surface area contributed by atoms with Crippen molar-refractivity contribution < 1.29 is 4.79 Å². The lowest BCUT2D eigenvalue weighted by Gasteiger charge is -2.01. The normalized spacial score (nSPS) is 11.1. The molecule has 1 heterocycles. The zero-order valence-corrected chi connectivity index (χ0v) is 12.7. The van der Waals surface area contributed by atoms with Gasteiger partial charge < -0.3 is 4.98 Å². The van der Waals surface area contributed by atoms with E-state index >= 15 is 0 Å². The standard InChI is InChI=1S/C18H25NO/c1-3-4-5-6-7-8-9-18(20)16-13-19-17-11-10-14(2)12-15(16)17/h10-13,19H,3-9H2,1-2H3. The zero-order valence-electron chi connectivity index (χ0n) is 12.7. The Bertz CT molecular complexity index is 568. The highest BCUT2D eigenvalue weighted by Gasteiger charge is 2.11. The van der Waals surface area contributed by atoms with Gasteiger partial charge in [-0.2, -0.15) is 0 Å². The van der Waals surface area contributed by atoms with E-state index in [0.717, 1.165) is 22.9 Å². The monoisotopic (exact) mass is 271 g/mol. The highest BCUT2D eigenvalue weighted by atomic mass is 16.1. The lowest BCUT2D eigenvalue weighted by molar-refractivity contribution is 0.0980. The van der Waals surface area contributed by atoms with Crippen LogP contribution in [-0.2, 0) is 0 Å². The van der Waals surface area contributed by atoms with Crippen molar-refractivity contribution in [2.45, 2.75) is 58.8 Å². The average Bonchev–Trinajstić information content (AvgIpc) is 2.85. The van der Waals surface area contributed by atoms with Crippen molar-refractivity contribution >= 4 is 16.7 Å². The van der Waals surface area contributed by atoms with E-state index in [2.05, 4.69) is 31.0 Å². The molecule has 2 nitrogen and oxygen atoms in total. The molecule has 1 aromatic heterocycles. The summed E-state index contributed by atoms with van der Waals surface area (Å²) in [4.78, 5) is 15.5. The fraction of sp³-hybridized carbons (Fsp3) is 0.500. The van der Waals surface area contributed by atoms with E-state index in [1.54, 1.807) is 0 Å². The van der Waals surface area contributed by atoms with Gasteiger partial charge >= 0.3 is 0 Å². The van der Waals surface area contributed by atoms with Gasteiger partial charge in [0.25, 0.3) is 0 Å². The van der Waals surface area contributed by atoms with Crippen molar-refractivity contribution in [2.75, 3.05) is 0 Å². The van der Waals surface area contributed by atoms with Crippen LogP contribution < -0.4 is 0 Å². The third-order valence-electron chi connectivity index (χ3n) is 3.90. The summed E-state index contributed by atoms with van der Waals surface area (Å²) >= 11 is 0. The molecule has 1 aromatic carbocycles. The van der Waals surface area contributed by atoms with Crippen LogP contribution in [0.4, 0.5) is 0 Å². The zero-order chi connectivity index (χ0) is 14.4. The van der Waals surface area contributed by atoms with Crippen LogP contribution in [0.1, 0.15) is 67.8 Å². The number of hydrogen-bond acceptors (Lipinski definition) is 1. The molecule has 0 fully saturated rings. The lowest BCUT2D eigenvalue weighted by atomic mass is 10.0. The Hall–Kier alpha value is -1.57. The van der Waals surface area contributed by atoms with E-state index < -0.39 is 0 Å². The van der Waals surface area contributed by atoms with E-state index in [1.165, 1.54) is 37.7 Å². The molecule has 2 heteroatoms. The van der Waals surface area contributed by atoms with Crippen LogP contribution in [0.3, 0.4) is 0 Å². The van der Waals surface area contributed by atoms with Crippen LogP contribution in [0.25, 0.3) is 10.9 Å². The number of aromatic nitrogens is 1. The molecule has 0 saturated heterocycles. The first-order valence-electron chi connectivity index (χ1n) is 7.83. The van der Waals surface area contributed by atoms with Crippen molar-refractivity contribution in [1.29, 1.82) is 0 Å². The van der Waals surface area contributed by atoms with Crippen molar-refractivity contribution in [3.05, 3.63) is 35.5 Å². The molecule has 0 unspecified atom stereocenters. The van der Waals surface area contributed by atoms with Crippen molar-refractivity contribution in [1.82, 2.24) is 4.98 Å². The predicted molar refractivity (Wildman–Crippen MR) is 85.4 cm³/mol. The minimum absolute atomic E-state index is 0.275. The topological polar surface area (TPSA) is 32.9 Å². The number of benzene rings is 1. The number of ketones is 1. The van der Waals surface area contributed by atoms with Crippen molar-refractivity contribution in [2.24, 2.45) is 0 Å². The summed E-state index contributed by atoms with van der Waals surface area (Å²) < 4.78 is 0. The molecular weight excluding hydrogens is 246 g/mol. The summed E-state index contributed by atoms with van der Waals surface area (Å²) in [5.74, 6) is 0.275. The Labute approximate surface area is 121 Å². The van der Waals surface area contributed by atoms with Gasteiger partial charge in [0, 0.05) is 29.1 Å². The van der Waals surface area contributed by atoms with Gasteiger partial charge in [0.2, 0.25) is 0 Å². The second-order valence-corrected chi connectivity index (χ2v) is 5.69. The fourth-order valence-electron chi connectivity index (χ4n) is 2.67. The van der Waals surface area contributed by atoms with Crippen LogP contribution in [0.15, 0.2) is 24.4 Å². The Kier molecular flexibility index (Phi) is 5.40. The molecule has 0 bridgehead atoms. The second-order valence-electron chi connectivity index (χ2n) is 5.69. The molecule has 2 aromatic rings. The molecule has 0 radical (unpaired) electrons. The Balaban J connectivity index is 1.89. The number of aromatic amines is 1. The number of unbranched alkanes of at least 4 members (excludes halogenated alkanes) is 5. The Morgan fingerprint density at radius 2 is 1.85 bits per heavy atom. The van der Waals surface area contributed by atoms with Crippen molar-refractivity contribution in [3.63, 3.8) is 0 Å². The first kappa shape index (κ1) is 14.8. The first-order valence-corrected chi connectivity index (χ1v) is 7.83. The molecule has 20 heavy (non-hydrogen) atoms. The number of carbonyl (C=O) groups excluding carboxylic acids is 1. The maximum Gasteiger partial charge on any atom is 0.165 e. The molecule has 0 aliphatic heterocycles. The molecule has 1 N–H and O–H groups in total. The van der Waals surface area contributed by atoms with E-state index in [1.807, 2.05) is 12.3 Å². The predicted octanol–water partition coefficient (Wildman–Crippen LogP) is 5.41. The third-order valence-corrected chi connectivity index (χ3v) is 3.90. The van der Waals surface area contributed by atoms with Gasteiger partial charge in [0.1, 0.15) is 0 Å². The second kappa shape index (κ2) is 7.28. The first-order chi connectivity index (χ1) is 9.72. The van der Waals surface area contributed by atoms with Gasteiger partial charge in [0.15, 0.2) is 5.78 Å². The SMILES string of the molecule is CCCCCCCCC(=O)c1c[nH]c2ccc(C)cc12. The van der Waals surface area contributed by atoms with E-state index in [0.29, 0.717) is 6.42 Å². The van der Waals surface area contributed by atoms with Crippen LogP contribution in [0.2, 0.25) is 0 Å². The molecular formula is C18H25NO. The van der Waals surface area contributed by atoms with Crippen LogP contribution >= 0.6 is 0 Å². The molecule has 0 spiro atoms. The molecule has 0 amide bonds. The van der Waals surface area contributed by atoms with Gasteiger partial charge in [-0.25, -0.2) is 0 Å². The highest BCUT2D eigenvalue weighted by molar-refractivity contribution is 6.07. The molecule has 0 saturated carbocycles. The maximum absolute atomic E-state index is 12.3. The molecule has 108 valence electrons. The summed E-state index contributed by atoms with van der Waals surface area (Å²) in [7, 11) is 0. The van der Waals surface area contributed by atoms with E-state index in [9.17, 15) is 4.79 Å². The van der Waals surface area contributed by atoms with Crippen molar-refractivity contribution in [3.8, 4) is 0 Å². The Morgan fingerprint density at radius 3 is 2.65 bits per heavy atom. The smallest absolute Gasteiger partial charge is 0.165 e. The largest absolute Gasteiger partial charge is 0.360 e. The van der Waals surface area contributed by atoms with Gasteiger partial charge in [-0.1, -0.05) is 50.7 Å². The number of H-pyrrole nitrogens is 1. The summed E-state index contributed by atoms with van der Waals surface area (Å²) in [6, 6.07) is 6.22. The molecule has 0 atom stereocenters. The number of fused-ring (bicyclic) bond motifs is 1. The van der Waals surface area contributed by atoms with Gasteiger partial charge in [0.05, 0.1) is 0 Å². The number of nitrogens with one attached hydrogen (secondary N) is 1. The van der Waals surface area contributed by atoms with Crippen LogP contribution in [0, 0.1) is 6.92 Å². The van der Waals surface area contributed by atoms with Gasteiger partial charge in [-0.05, 0) is 25.5 Å². The maximum atomic E-state index is 12.3. The fourth-order valence-corrected chi connectivity index (χ4v) is 2.67. The number of hydrogen-bond donors (Lipinski definition) is 1. The Morgan fingerprint density at radius 1 is 1.10 bits per heavy atom. The molecule has 0 aliphatic carbocycles. The minimum atomic E-state index is 0.275. The number of aryl methyl sites for hydroxylation is 1. The lowest BCUT2D eigenvalue weighted by Crippen LogP contribution is -1.97. The number of rotatable bonds is 8. The minimum Gasteiger partial charge on any atom is -0.360 e. The van der Waals surface area contributed by atoms with E-state index in [-0.39, 0.29) is 5.78 Å². The quantitative estimate of drug-likeness (QED) is 0.505. The molecule has 2 rings (SSSR count). The highest BCUT2D eigenvalue weighted by Crippen LogP contribution is 2.21. The summed E-state index contributed by atoms with van der Waals surface area (Å²) in [6.07, 6.45) is 9.87. The summed E-state index contributed by atoms with van der Waals surface area (Å²) in [6.45, 7) is 4.29.